The Morgan fingerprint density at radius 3 is 2.20 bits per heavy atom. The van der Waals surface area contributed by atoms with E-state index in [1.807, 2.05) is 0 Å². The lowest BCUT2D eigenvalue weighted by molar-refractivity contribution is -0.275. The second kappa shape index (κ2) is 5.76. The summed E-state index contributed by atoms with van der Waals surface area (Å²) >= 11 is 7.68. The fourth-order valence-electron chi connectivity index (χ4n) is 1.21. The fraction of sp³-hybridized carbons (Fsp3) is 0.333. The molecule has 0 saturated carbocycles. The van der Waals surface area contributed by atoms with Crippen LogP contribution >= 0.6 is 27.5 Å². The van der Waals surface area contributed by atoms with E-state index in [0.717, 1.165) is 0 Å². The van der Waals surface area contributed by atoms with Crippen molar-refractivity contribution >= 4 is 32.8 Å². The molecule has 11 heteroatoms. The van der Waals surface area contributed by atoms with E-state index in [-0.39, 0.29) is 11.4 Å². The van der Waals surface area contributed by atoms with E-state index in [4.69, 9.17) is 11.6 Å². The van der Waals surface area contributed by atoms with Crippen LogP contribution < -0.4 is 4.74 Å². The summed E-state index contributed by atoms with van der Waals surface area (Å²) in [6, 6.07) is 0.0344. The van der Waals surface area contributed by atoms with Gasteiger partial charge in [-0.15, -0.1) is 13.2 Å². The van der Waals surface area contributed by atoms with Crippen molar-refractivity contribution in [2.24, 2.45) is 0 Å². The molecule has 1 aromatic rings. The van der Waals surface area contributed by atoms with Crippen LogP contribution in [0, 0.1) is 0 Å². The Balaban J connectivity index is 3.50. The summed E-state index contributed by atoms with van der Waals surface area (Å²) in [5.74, 6) is -1.16. The van der Waals surface area contributed by atoms with Gasteiger partial charge in [-0.05, 0) is 17.7 Å². The molecule has 3 nitrogen and oxygen atoms in total. The number of hydrogen-bond acceptors (Lipinski definition) is 3. The third-order valence-corrected chi connectivity index (χ3v) is 2.62. The normalized spacial score (nSPS) is 12.4. The Morgan fingerprint density at radius 2 is 1.85 bits per heavy atom. The predicted molar refractivity (Wildman–Crippen MR) is 58.7 cm³/mol. The van der Waals surface area contributed by atoms with Crippen molar-refractivity contribution in [1.82, 2.24) is 4.98 Å². The third-order valence-electron chi connectivity index (χ3n) is 1.91. The molecular weight excluding hydrogens is 383 g/mol. The summed E-state index contributed by atoms with van der Waals surface area (Å²) in [5.41, 5.74) is -3.44. The molecule has 0 saturated heterocycles. The quantitative estimate of drug-likeness (QED) is 0.442. The average Bonchev–Trinajstić information content (AvgIpc) is 2.24. The minimum absolute atomic E-state index is 0.0344. The second-order valence-corrected chi connectivity index (χ2v) is 4.19. The van der Waals surface area contributed by atoms with Gasteiger partial charge in [0.1, 0.15) is 5.69 Å². The minimum Gasteiger partial charge on any atom is -0.404 e. The first-order chi connectivity index (χ1) is 8.95. The minimum atomic E-state index is -5.20. The zero-order valence-corrected chi connectivity index (χ0v) is 11.4. The molecule has 0 aromatic carbocycles. The SMILES string of the molecule is O=C(Cl)c1nc(CBr)c(OC(F)(F)F)cc1C(F)(F)F. The van der Waals surface area contributed by atoms with Gasteiger partial charge in [0, 0.05) is 5.33 Å². The zero-order chi connectivity index (χ0) is 15.7. The van der Waals surface area contributed by atoms with Crippen LogP contribution in [-0.2, 0) is 11.5 Å². The van der Waals surface area contributed by atoms with Gasteiger partial charge < -0.3 is 4.74 Å². The summed E-state index contributed by atoms with van der Waals surface area (Å²) in [6.45, 7) is 0. The van der Waals surface area contributed by atoms with Crippen molar-refractivity contribution in [2.75, 3.05) is 0 Å². The molecule has 0 fully saturated rings. The van der Waals surface area contributed by atoms with Crippen LogP contribution in [0.4, 0.5) is 26.3 Å². The molecule has 112 valence electrons. The van der Waals surface area contributed by atoms with E-state index in [9.17, 15) is 31.1 Å². The first kappa shape index (κ1) is 17.0. The molecule has 0 bridgehead atoms. The van der Waals surface area contributed by atoms with Crippen LogP contribution in [0.25, 0.3) is 0 Å². The lowest BCUT2D eigenvalue weighted by Crippen LogP contribution is -2.21. The molecule has 0 atom stereocenters. The van der Waals surface area contributed by atoms with Gasteiger partial charge in [0.25, 0.3) is 5.24 Å². The monoisotopic (exact) mass is 385 g/mol. The average molecular weight is 386 g/mol. The Labute approximate surface area is 121 Å². The van der Waals surface area contributed by atoms with Crippen LogP contribution in [0.2, 0.25) is 0 Å². The summed E-state index contributed by atoms with van der Waals surface area (Å²) in [5, 5.41) is -1.91. The fourth-order valence-corrected chi connectivity index (χ4v) is 1.75. The van der Waals surface area contributed by atoms with Gasteiger partial charge in [-0.2, -0.15) is 13.2 Å². The summed E-state index contributed by atoms with van der Waals surface area (Å²) in [4.78, 5) is 14.1. The molecule has 1 rings (SSSR count). The number of alkyl halides is 7. The van der Waals surface area contributed by atoms with Crippen LogP contribution in [0.3, 0.4) is 0 Å². The molecule has 0 spiro atoms. The topological polar surface area (TPSA) is 39.2 Å². The lowest BCUT2D eigenvalue weighted by atomic mass is 10.1. The molecule has 0 aliphatic carbocycles. The van der Waals surface area contributed by atoms with Gasteiger partial charge in [-0.25, -0.2) is 4.98 Å². The number of aromatic nitrogens is 1. The van der Waals surface area contributed by atoms with Crippen molar-refractivity contribution in [1.29, 1.82) is 0 Å². The van der Waals surface area contributed by atoms with Gasteiger partial charge in [-0.1, -0.05) is 15.9 Å². The summed E-state index contributed by atoms with van der Waals surface area (Å²) < 4.78 is 77.7. The number of rotatable bonds is 3. The Bertz CT molecular complexity index is 530. The molecular formula is C9H3BrClF6NO2. The van der Waals surface area contributed by atoms with Crippen molar-refractivity contribution in [3.05, 3.63) is 23.0 Å². The third kappa shape index (κ3) is 4.23. The molecule has 1 aromatic heterocycles. The molecule has 20 heavy (non-hydrogen) atoms. The second-order valence-electron chi connectivity index (χ2n) is 3.28. The number of pyridine rings is 1. The zero-order valence-electron chi connectivity index (χ0n) is 9.07. The van der Waals surface area contributed by atoms with E-state index < -0.39 is 40.5 Å². The maximum Gasteiger partial charge on any atom is 0.573 e. The van der Waals surface area contributed by atoms with E-state index in [2.05, 4.69) is 25.7 Å². The highest BCUT2D eigenvalue weighted by Gasteiger charge is 2.39. The van der Waals surface area contributed by atoms with Crippen LogP contribution in [0.1, 0.15) is 21.7 Å². The molecule has 0 aliphatic heterocycles. The Morgan fingerprint density at radius 1 is 1.30 bits per heavy atom. The van der Waals surface area contributed by atoms with E-state index in [0.29, 0.717) is 0 Å². The number of nitrogens with zero attached hydrogens (tertiary/aromatic N) is 1. The smallest absolute Gasteiger partial charge is 0.404 e. The molecule has 0 aliphatic rings. The Kier molecular flexibility index (Phi) is 4.90. The predicted octanol–water partition coefficient (Wildman–Crippen LogP) is 4.27. The van der Waals surface area contributed by atoms with E-state index in [1.165, 1.54) is 0 Å². The molecule has 0 N–H and O–H groups in total. The first-order valence-electron chi connectivity index (χ1n) is 4.58. The van der Waals surface area contributed by atoms with Gasteiger partial charge in [0.2, 0.25) is 0 Å². The number of hydrogen-bond donors (Lipinski definition) is 0. The van der Waals surface area contributed by atoms with Crippen molar-refractivity contribution < 1.29 is 35.9 Å². The largest absolute Gasteiger partial charge is 0.573 e. The molecule has 0 radical (unpaired) electrons. The van der Waals surface area contributed by atoms with Crippen molar-refractivity contribution in [3.63, 3.8) is 0 Å². The molecule has 0 amide bonds. The number of halogens is 8. The highest BCUT2D eigenvalue weighted by Crippen LogP contribution is 2.37. The van der Waals surface area contributed by atoms with Crippen LogP contribution in [0.5, 0.6) is 5.75 Å². The van der Waals surface area contributed by atoms with Crippen molar-refractivity contribution in [2.45, 2.75) is 17.9 Å². The summed E-state index contributed by atoms with van der Waals surface area (Å²) in [6.07, 6.45) is -10.3. The highest BCUT2D eigenvalue weighted by molar-refractivity contribution is 9.08. The maximum atomic E-state index is 12.7. The highest BCUT2D eigenvalue weighted by atomic mass is 79.9. The van der Waals surface area contributed by atoms with E-state index in [1.54, 1.807) is 0 Å². The van der Waals surface area contributed by atoms with Gasteiger partial charge in [-0.3, -0.25) is 4.79 Å². The van der Waals surface area contributed by atoms with Crippen LogP contribution in [0.15, 0.2) is 6.07 Å². The lowest BCUT2D eigenvalue weighted by Gasteiger charge is -2.16. The standard InChI is InChI=1S/C9H3BrClF6NO2/c10-2-4-5(20-9(15,16)17)1-3(8(12,13)14)6(18-4)7(11)19/h1H,2H2. The van der Waals surface area contributed by atoms with Crippen LogP contribution in [-0.4, -0.2) is 16.6 Å². The van der Waals surface area contributed by atoms with Gasteiger partial charge in [0.05, 0.1) is 11.3 Å². The van der Waals surface area contributed by atoms with E-state index >= 15 is 0 Å². The number of carbonyl (C=O) groups is 1. The first-order valence-corrected chi connectivity index (χ1v) is 6.08. The number of ether oxygens (including phenoxy) is 1. The maximum absolute atomic E-state index is 12.7. The molecule has 1 heterocycles. The molecule has 0 unspecified atom stereocenters. The Hall–Kier alpha value is -1.03. The summed E-state index contributed by atoms with van der Waals surface area (Å²) in [7, 11) is 0. The van der Waals surface area contributed by atoms with Gasteiger partial charge >= 0.3 is 12.5 Å². The number of carbonyl (C=O) groups excluding carboxylic acids is 1. The van der Waals surface area contributed by atoms with Gasteiger partial charge in [0.15, 0.2) is 5.75 Å². The van der Waals surface area contributed by atoms with Crippen molar-refractivity contribution in [3.8, 4) is 5.75 Å².